The van der Waals surface area contributed by atoms with Gasteiger partial charge in [-0.1, -0.05) is 0 Å². The molecule has 3 saturated heterocycles. The van der Waals surface area contributed by atoms with E-state index in [4.69, 9.17) is 14.1 Å². The Balaban J connectivity index is 1.47. The summed E-state index contributed by atoms with van der Waals surface area (Å²) < 4.78 is 10.4. The van der Waals surface area contributed by atoms with Crippen LogP contribution in [0.15, 0.2) is 28.9 Å². The number of nitrogens with zero attached hydrogens (tertiary/aromatic N) is 3. The number of carbonyl (C=O) groups is 1. The van der Waals surface area contributed by atoms with Gasteiger partial charge in [-0.25, -0.2) is 9.97 Å². The standard InChI is InChI=1S/C20H26N4O3/c1-13-22-17(9-18(23-13)19-4-3-7-27-19)16-11-24-6-5-14(16)8-15(24)10-21-20(25)12-26-2/h3-4,7,9,14-16H,5-6,8,10-12H2,1-2H3,(H,21,25)/t14-,15+,16-/m0/s1. The highest BCUT2D eigenvalue weighted by atomic mass is 16.5. The van der Waals surface area contributed by atoms with Gasteiger partial charge in [-0.2, -0.15) is 0 Å². The van der Waals surface area contributed by atoms with E-state index in [-0.39, 0.29) is 12.5 Å². The average Bonchev–Trinajstić information content (AvgIpc) is 3.21. The van der Waals surface area contributed by atoms with Crippen LogP contribution >= 0.6 is 0 Å². The predicted molar refractivity (Wildman–Crippen MR) is 100 cm³/mol. The summed E-state index contributed by atoms with van der Waals surface area (Å²) in [7, 11) is 1.54. The molecule has 27 heavy (non-hydrogen) atoms. The molecule has 0 saturated carbocycles. The van der Waals surface area contributed by atoms with Crippen LogP contribution in [0.5, 0.6) is 0 Å². The fraction of sp³-hybridized carbons (Fsp3) is 0.550. The van der Waals surface area contributed by atoms with Crippen LogP contribution in [-0.4, -0.2) is 60.2 Å². The molecular weight excluding hydrogens is 344 g/mol. The molecule has 1 amide bonds. The second-order valence-corrected chi connectivity index (χ2v) is 7.48. The van der Waals surface area contributed by atoms with E-state index < -0.39 is 0 Å². The molecule has 0 aliphatic carbocycles. The normalized spacial score (nSPS) is 26.9. The number of rotatable bonds is 6. The first kappa shape index (κ1) is 18.1. The highest BCUT2D eigenvalue weighted by Gasteiger charge is 2.41. The van der Waals surface area contributed by atoms with E-state index in [1.54, 1.807) is 6.26 Å². The van der Waals surface area contributed by atoms with Gasteiger partial charge in [0.15, 0.2) is 5.76 Å². The number of fused-ring (bicyclic) bond motifs is 3. The van der Waals surface area contributed by atoms with Crippen LogP contribution in [0.25, 0.3) is 11.5 Å². The Hall–Kier alpha value is -2.25. The largest absolute Gasteiger partial charge is 0.463 e. The molecule has 0 spiro atoms. The zero-order valence-corrected chi connectivity index (χ0v) is 15.9. The Bertz CT molecular complexity index is 793. The number of aromatic nitrogens is 2. The van der Waals surface area contributed by atoms with E-state index in [1.807, 2.05) is 19.1 Å². The summed E-state index contributed by atoms with van der Waals surface area (Å²) in [5.74, 6) is 2.49. The quantitative estimate of drug-likeness (QED) is 0.838. The lowest BCUT2D eigenvalue weighted by molar-refractivity contribution is -0.125. The first-order chi connectivity index (χ1) is 13.1. The number of aryl methyl sites for hydroxylation is 1. The van der Waals surface area contributed by atoms with Crippen LogP contribution in [0, 0.1) is 12.8 Å². The third-order valence-corrected chi connectivity index (χ3v) is 5.70. The van der Waals surface area contributed by atoms with Gasteiger partial charge in [-0.15, -0.1) is 0 Å². The average molecular weight is 370 g/mol. The molecule has 2 aromatic heterocycles. The molecule has 1 unspecified atom stereocenters. The highest BCUT2D eigenvalue weighted by molar-refractivity contribution is 5.77. The maximum absolute atomic E-state index is 11.7. The third kappa shape index (κ3) is 3.89. The van der Waals surface area contributed by atoms with Crippen molar-refractivity contribution in [2.24, 2.45) is 5.92 Å². The van der Waals surface area contributed by atoms with Gasteiger partial charge in [0.2, 0.25) is 5.91 Å². The molecule has 1 N–H and O–H groups in total. The van der Waals surface area contributed by atoms with E-state index in [1.165, 1.54) is 13.5 Å². The maximum atomic E-state index is 11.7. The Morgan fingerprint density at radius 3 is 3.04 bits per heavy atom. The van der Waals surface area contributed by atoms with Crippen molar-refractivity contribution in [3.05, 3.63) is 36.0 Å². The van der Waals surface area contributed by atoms with Crippen LogP contribution in [0.2, 0.25) is 0 Å². The summed E-state index contributed by atoms with van der Waals surface area (Å²) in [6, 6.07) is 6.28. The molecule has 3 aliphatic heterocycles. The number of nitrogens with one attached hydrogen (secondary N) is 1. The van der Waals surface area contributed by atoms with E-state index in [0.29, 0.717) is 24.4 Å². The minimum Gasteiger partial charge on any atom is -0.463 e. The summed E-state index contributed by atoms with van der Waals surface area (Å²) in [6.45, 7) is 4.80. The lowest BCUT2D eigenvalue weighted by Crippen LogP contribution is -2.56. The van der Waals surface area contributed by atoms with Crippen molar-refractivity contribution in [3.8, 4) is 11.5 Å². The fourth-order valence-electron chi connectivity index (χ4n) is 4.43. The number of furan rings is 1. The van der Waals surface area contributed by atoms with E-state index >= 15 is 0 Å². The molecule has 144 valence electrons. The zero-order chi connectivity index (χ0) is 18.8. The third-order valence-electron chi connectivity index (χ3n) is 5.70. The monoisotopic (exact) mass is 370 g/mol. The lowest BCUT2D eigenvalue weighted by Gasteiger charge is -2.49. The summed E-state index contributed by atoms with van der Waals surface area (Å²) in [5, 5.41) is 2.99. The van der Waals surface area contributed by atoms with E-state index in [2.05, 4.69) is 21.3 Å². The van der Waals surface area contributed by atoms with Crippen LogP contribution in [0.1, 0.15) is 30.3 Å². The van der Waals surface area contributed by atoms with Crippen LogP contribution in [0.3, 0.4) is 0 Å². The first-order valence-electron chi connectivity index (χ1n) is 9.53. The number of piperidine rings is 3. The van der Waals surface area contributed by atoms with Gasteiger partial charge in [0.25, 0.3) is 0 Å². The molecule has 0 radical (unpaired) electrons. The molecule has 3 fully saturated rings. The molecular formula is C20H26N4O3. The van der Waals surface area contributed by atoms with Crippen LogP contribution in [0.4, 0.5) is 0 Å². The summed E-state index contributed by atoms with van der Waals surface area (Å²) in [5.41, 5.74) is 1.95. The molecule has 3 aliphatic rings. The summed E-state index contributed by atoms with van der Waals surface area (Å²) in [4.78, 5) is 23.5. The zero-order valence-electron chi connectivity index (χ0n) is 15.9. The predicted octanol–water partition coefficient (Wildman–Crippen LogP) is 1.99. The summed E-state index contributed by atoms with van der Waals surface area (Å²) >= 11 is 0. The number of hydrogen-bond donors (Lipinski definition) is 1. The maximum Gasteiger partial charge on any atom is 0.246 e. The Morgan fingerprint density at radius 2 is 2.33 bits per heavy atom. The second-order valence-electron chi connectivity index (χ2n) is 7.48. The minimum atomic E-state index is -0.0498. The van der Waals surface area contributed by atoms with E-state index in [0.717, 1.165) is 42.5 Å². The van der Waals surface area contributed by atoms with Gasteiger partial charge in [-0.3, -0.25) is 9.69 Å². The number of amides is 1. The van der Waals surface area contributed by atoms with Crippen molar-refractivity contribution >= 4 is 5.91 Å². The Morgan fingerprint density at radius 1 is 1.44 bits per heavy atom. The molecule has 0 aromatic carbocycles. The van der Waals surface area contributed by atoms with Gasteiger partial charge < -0.3 is 14.5 Å². The van der Waals surface area contributed by atoms with Crippen molar-refractivity contribution < 1.29 is 13.9 Å². The molecule has 5 rings (SSSR count). The van der Waals surface area contributed by atoms with Crippen LogP contribution in [-0.2, 0) is 9.53 Å². The molecule has 2 aromatic rings. The van der Waals surface area contributed by atoms with Crippen molar-refractivity contribution in [1.29, 1.82) is 0 Å². The van der Waals surface area contributed by atoms with Gasteiger partial charge in [-0.05, 0) is 50.4 Å². The first-order valence-corrected chi connectivity index (χ1v) is 9.53. The van der Waals surface area contributed by atoms with E-state index in [9.17, 15) is 4.79 Å². The molecule has 7 heteroatoms. The molecule has 5 heterocycles. The molecule has 7 nitrogen and oxygen atoms in total. The van der Waals surface area contributed by atoms with Crippen molar-refractivity contribution in [3.63, 3.8) is 0 Å². The SMILES string of the molecule is COCC(=O)NC[C@H]1C[C@@H]2CCN1C[C@@H]2c1cc(-c2ccco2)nc(C)n1. The molecule has 2 bridgehead atoms. The van der Waals surface area contributed by atoms with Gasteiger partial charge in [0.05, 0.1) is 6.26 Å². The Kier molecular flexibility index (Phi) is 5.22. The minimum absolute atomic E-state index is 0.0498. The second kappa shape index (κ2) is 7.78. The van der Waals surface area contributed by atoms with Crippen molar-refractivity contribution in [2.45, 2.75) is 31.7 Å². The number of methoxy groups -OCH3 is 1. The van der Waals surface area contributed by atoms with Crippen molar-refractivity contribution in [1.82, 2.24) is 20.2 Å². The highest BCUT2D eigenvalue weighted by Crippen LogP contribution is 2.41. The number of ether oxygens (including phenoxy) is 1. The topological polar surface area (TPSA) is 80.5 Å². The van der Waals surface area contributed by atoms with Gasteiger partial charge in [0, 0.05) is 37.9 Å². The lowest BCUT2D eigenvalue weighted by atomic mass is 9.74. The van der Waals surface area contributed by atoms with Gasteiger partial charge in [0.1, 0.15) is 18.1 Å². The van der Waals surface area contributed by atoms with Gasteiger partial charge >= 0.3 is 0 Å². The number of hydrogen-bond acceptors (Lipinski definition) is 6. The smallest absolute Gasteiger partial charge is 0.246 e. The van der Waals surface area contributed by atoms with Crippen LogP contribution < -0.4 is 5.32 Å². The Labute approximate surface area is 159 Å². The number of carbonyl (C=O) groups excluding carboxylic acids is 1. The summed E-state index contributed by atoms with van der Waals surface area (Å²) in [6.07, 6.45) is 3.92. The fourth-order valence-corrected chi connectivity index (χ4v) is 4.43. The van der Waals surface area contributed by atoms with Crippen molar-refractivity contribution in [2.75, 3.05) is 33.4 Å². The molecule has 4 atom stereocenters.